The minimum absolute atomic E-state index is 0.0262. The number of aryl methyl sites for hydroxylation is 2. The van der Waals surface area contributed by atoms with Crippen LogP contribution in [0.5, 0.6) is 5.75 Å². The summed E-state index contributed by atoms with van der Waals surface area (Å²) in [5, 5.41) is 15.1. The lowest BCUT2D eigenvalue weighted by molar-refractivity contribution is -0.128. The minimum atomic E-state index is -0.774. The quantitative estimate of drug-likeness (QED) is 0.417. The van der Waals surface area contributed by atoms with Gasteiger partial charge in [-0.15, -0.1) is 0 Å². The number of carbonyl (C=O) groups is 3. The van der Waals surface area contributed by atoms with Crippen molar-refractivity contribution in [2.45, 2.75) is 71.4 Å². The summed E-state index contributed by atoms with van der Waals surface area (Å²) in [6.45, 7) is 8.08. The fourth-order valence-electron chi connectivity index (χ4n) is 2.87. The number of aromatic hydroxyl groups is 1. The number of rotatable bonds is 10. The maximum atomic E-state index is 12.1. The molecule has 1 fully saturated rings. The molecule has 1 aromatic carbocycles. The van der Waals surface area contributed by atoms with Gasteiger partial charge in [0, 0.05) is 18.7 Å². The van der Waals surface area contributed by atoms with Crippen LogP contribution in [0.3, 0.4) is 0 Å². The van der Waals surface area contributed by atoms with E-state index in [-0.39, 0.29) is 22.7 Å². The van der Waals surface area contributed by atoms with Crippen LogP contribution in [-0.4, -0.2) is 45.9 Å². The van der Waals surface area contributed by atoms with Gasteiger partial charge in [-0.2, -0.15) is 0 Å². The van der Waals surface area contributed by atoms with Crippen molar-refractivity contribution in [2.24, 2.45) is 5.73 Å². The second-order valence-electron chi connectivity index (χ2n) is 7.47. The Balaban J connectivity index is 0.00000218. The highest BCUT2D eigenvalue weighted by molar-refractivity contribution is 8.16. The third kappa shape index (κ3) is 7.99. The summed E-state index contributed by atoms with van der Waals surface area (Å²) in [7, 11) is 0. The lowest BCUT2D eigenvalue weighted by atomic mass is 10.0. The van der Waals surface area contributed by atoms with Crippen LogP contribution in [0.2, 0.25) is 0 Å². The Kier molecular flexibility index (Phi) is 10.9. The van der Waals surface area contributed by atoms with Crippen molar-refractivity contribution in [1.82, 2.24) is 10.6 Å². The predicted molar refractivity (Wildman–Crippen MR) is 121 cm³/mol. The fraction of sp³-hybridized carbons (Fsp3) is 0.591. The first-order chi connectivity index (χ1) is 14.2. The van der Waals surface area contributed by atoms with E-state index in [4.69, 9.17) is 5.73 Å². The van der Waals surface area contributed by atoms with Crippen molar-refractivity contribution in [3.63, 3.8) is 0 Å². The van der Waals surface area contributed by atoms with Crippen LogP contribution in [0, 0.1) is 6.92 Å². The van der Waals surface area contributed by atoms with E-state index in [0.29, 0.717) is 38.0 Å². The average Bonchev–Trinajstić information content (AvgIpc) is 2.74. The number of unbranched alkanes of at least 4 members (excludes halogenated alkanes) is 1. The SMILES string of the molecule is CC.Cc1cc(CCC(=O)NCCCCC(N)C(=O)NC2(C)CSC2=O)ccc1O. The summed E-state index contributed by atoms with van der Waals surface area (Å²) in [5.74, 6) is 0.512. The highest BCUT2D eigenvalue weighted by atomic mass is 32.2. The van der Waals surface area contributed by atoms with Crippen molar-refractivity contribution < 1.29 is 19.5 Å². The summed E-state index contributed by atoms with van der Waals surface area (Å²) in [6.07, 6.45) is 2.96. The number of carbonyl (C=O) groups excluding carboxylic acids is 3. The molecule has 0 spiro atoms. The Morgan fingerprint density at radius 1 is 1.30 bits per heavy atom. The van der Waals surface area contributed by atoms with Crippen molar-refractivity contribution in [3.05, 3.63) is 29.3 Å². The molecule has 0 bridgehead atoms. The van der Waals surface area contributed by atoms with Gasteiger partial charge in [0.15, 0.2) is 0 Å². The molecule has 5 N–H and O–H groups in total. The molecule has 1 saturated heterocycles. The molecule has 0 aliphatic carbocycles. The first kappa shape index (κ1) is 26.0. The number of hydrogen-bond acceptors (Lipinski definition) is 6. The van der Waals surface area contributed by atoms with Gasteiger partial charge in [-0.3, -0.25) is 14.4 Å². The molecular weight excluding hydrogens is 402 g/mol. The Bertz CT molecular complexity index is 741. The number of hydrogen-bond donors (Lipinski definition) is 4. The highest BCUT2D eigenvalue weighted by Gasteiger charge is 2.44. The topological polar surface area (TPSA) is 122 Å². The molecule has 2 rings (SSSR count). The van der Waals surface area contributed by atoms with Gasteiger partial charge in [0.25, 0.3) is 0 Å². The summed E-state index contributed by atoms with van der Waals surface area (Å²) >= 11 is 1.21. The Morgan fingerprint density at radius 3 is 2.57 bits per heavy atom. The van der Waals surface area contributed by atoms with Crippen LogP contribution < -0.4 is 16.4 Å². The number of phenols is 1. The number of benzene rings is 1. The molecule has 168 valence electrons. The van der Waals surface area contributed by atoms with E-state index in [1.54, 1.807) is 13.0 Å². The number of nitrogens with one attached hydrogen (secondary N) is 2. The molecule has 1 aliphatic heterocycles. The molecule has 1 aliphatic rings. The monoisotopic (exact) mass is 437 g/mol. The predicted octanol–water partition coefficient (Wildman–Crippen LogP) is 2.42. The van der Waals surface area contributed by atoms with E-state index >= 15 is 0 Å². The standard InChI is InChI=1S/C20H29N3O4S.C2H6/c1-13-11-14(6-8-16(13)24)7-9-17(25)22-10-4-3-5-15(21)18(26)23-20(2)12-28-19(20)27;1-2/h6,8,11,15,24H,3-5,7,9-10,12,21H2,1-2H3,(H,22,25)(H,23,26);1-2H3. The summed E-state index contributed by atoms with van der Waals surface area (Å²) in [6, 6.07) is 4.69. The first-order valence-corrected chi connectivity index (χ1v) is 11.5. The largest absolute Gasteiger partial charge is 0.508 e. The van der Waals surface area contributed by atoms with Gasteiger partial charge in [-0.25, -0.2) is 0 Å². The van der Waals surface area contributed by atoms with E-state index in [0.717, 1.165) is 17.5 Å². The maximum absolute atomic E-state index is 12.1. The van der Waals surface area contributed by atoms with Crippen LogP contribution in [0.4, 0.5) is 0 Å². The van der Waals surface area contributed by atoms with Crippen LogP contribution in [-0.2, 0) is 20.8 Å². The lowest BCUT2D eigenvalue weighted by Crippen LogP contribution is -2.62. The number of nitrogens with two attached hydrogens (primary N) is 1. The van der Waals surface area contributed by atoms with Crippen LogP contribution in [0.15, 0.2) is 18.2 Å². The maximum Gasteiger partial charge on any atom is 0.237 e. The molecule has 1 aromatic rings. The molecule has 30 heavy (non-hydrogen) atoms. The first-order valence-electron chi connectivity index (χ1n) is 10.5. The Labute approximate surface area is 183 Å². The summed E-state index contributed by atoms with van der Waals surface area (Å²) in [4.78, 5) is 35.5. The molecule has 0 radical (unpaired) electrons. The molecule has 8 heteroatoms. The minimum Gasteiger partial charge on any atom is -0.508 e. The van der Waals surface area contributed by atoms with Gasteiger partial charge in [-0.1, -0.05) is 37.7 Å². The van der Waals surface area contributed by atoms with E-state index in [2.05, 4.69) is 10.6 Å². The third-order valence-electron chi connectivity index (χ3n) is 4.84. The summed E-state index contributed by atoms with van der Waals surface area (Å²) in [5.41, 5.74) is 6.93. The zero-order valence-corrected chi connectivity index (χ0v) is 19.2. The van der Waals surface area contributed by atoms with Gasteiger partial charge in [-0.05, 0) is 56.7 Å². The zero-order chi connectivity index (χ0) is 22.7. The van der Waals surface area contributed by atoms with Gasteiger partial charge >= 0.3 is 0 Å². The fourth-order valence-corrected chi connectivity index (χ4v) is 3.69. The van der Waals surface area contributed by atoms with Gasteiger partial charge in [0.2, 0.25) is 16.9 Å². The second kappa shape index (κ2) is 12.6. The molecule has 7 nitrogen and oxygen atoms in total. The van der Waals surface area contributed by atoms with Gasteiger partial charge in [0.05, 0.1) is 6.04 Å². The van der Waals surface area contributed by atoms with Crippen molar-refractivity contribution in [3.8, 4) is 5.75 Å². The average molecular weight is 438 g/mol. The molecule has 0 saturated carbocycles. The summed E-state index contributed by atoms with van der Waals surface area (Å²) < 4.78 is 0. The van der Waals surface area contributed by atoms with E-state index < -0.39 is 11.6 Å². The Morgan fingerprint density at radius 2 is 2.00 bits per heavy atom. The smallest absolute Gasteiger partial charge is 0.237 e. The van der Waals surface area contributed by atoms with E-state index in [1.165, 1.54) is 11.8 Å². The number of phenolic OH excluding ortho intramolecular Hbond substituents is 1. The zero-order valence-electron chi connectivity index (χ0n) is 18.4. The van der Waals surface area contributed by atoms with Crippen LogP contribution in [0.25, 0.3) is 0 Å². The molecule has 2 amide bonds. The normalized spacial score (nSPS) is 18.5. The van der Waals surface area contributed by atoms with Crippen molar-refractivity contribution in [1.29, 1.82) is 0 Å². The third-order valence-corrected chi connectivity index (χ3v) is 6.28. The lowest BCUT2D eigenvalue weighted by Gasteiger charge is -2.36. The molecule has 0 aromatic heterocycles. The van der Waals surface area contributed by atoms with Crippen molar-refractivity contribution >= 4 is 28.7 Å². The number of thioether (sulfide) groups is 1. The van der Waals surface area contributed by atoms with Gasteiger partial charge < -0.3 is 21.5 Å². The van der Waals surface area contributed by atoms with E-state index in [1.807, 2.05) is 32.9 Å². The molecular formula is C22H35N3O4S. The van der Waals surface area contributed by atoms with E-state index in [9.17, 15) is 19.5 Å². The van der Waals surface area contributed by atoms with Crippen LogP contribution >= 0.6 is 11.8 Å². The molecule has 2 unspecified atom stereocenters. The van der Waals surface area contributed by atoms with Crippen LogP contribution in [0.1, 0.15) is 57.6 Å². The molecule has 2 atom stereocenters. The molecule has 1 heterocycles. The second-order valence-corrected chi connectivity index (χ2v) is 8.42. The van der Waals surface area contributed by atoms with Gasteiger partial charge in [0.1, 0.15) is 11.3 Å². The number of amides is 2. The van der Waals surface area contributed by atoms with Crippen molar-refractivity contribution in [2.75, 3.05) is 12.3 Å². The Hall–Kier alpha value is -2.06. The highest BCUT2D eigenvalue weighted by Crippen LogP contribution is 2.31.